The predicted octanol–water partition coefficient (Wildman–Crippen LogP) is 6.10. The molecule has 0 spiro atoms. The molecule has 0 radical (unpaired) electrons. The quantitative estimate of drug-likeness (QED) is 0.527. The summed E-state index contributed by atoms with van der Waals surface area (Å²) in [5, 5.41) is 0. The van der Waals surface area contributed by atoms with Gasteiger partial charge >= 0.3 is 6.18 Å². The van der Waals surface area contributed by atoms with Crippen LogP contribution in [0.3, 0.4) is 0 Å². The number of anilines is 1. The van der Waals surface area contributed by atoms with Crippen LogP contribution < -0.4 is 4.90 Å². The van der Waals surface area contributed by atoms with Crippen LogP contribution in [-0.4, -0.2) is 22.6 Å². The van der Waals surface area contributed by atoms with E-state index in [1.165, 1.54) is 15.8 Å². The Balaban J connectivity index is 1.47. The maximum Gasteiger partial charge on any atom is 0.449 e. The minimum atomic E-state index is -4.45. The molecule has 0 amide bonds. The lowest BCUT2D eigenvalue weighted by Crippen LogP contribution is -2.35. The lowest BCUT2D eigenvalue weighted by Gasteiger charge is -2.34. The van der Waals surface area contributed by atoms with Crippen molar-refractivity contribution in [1.82, 2.24) is 9.55 Å². The Morgan fingerprint density at radius 2 is 1.66 bits per heavy atom. The number of hydrogen-bond acceptors (Lipinski definition) is 2. The van der Waals surface area contributed by atoms with Crippen molar-refractivity contribution in [2.45, 2.75) is 45.3 Å². The number of para-hydroxylation sites is 2. The van der Waals surface area contributed by atoms with Crippen LogP contribution in [0.25, 0.3) is 11.0 Å². The van der Waals surface area contributed by atoms with Crippen molar-refractivity contribution >= 4 is 16.7 Å². The molecule has 0 unspecified atom stereocenters. The molecular weight excluding hydrogens is 375 g/mol. The number of hydrogen-bond donors (Lipinski definition) is 0. The predicted molar refractivity (Wildman–Crippen MR) is 110 cm³/mol. The average molecular weight is 401 g/mol. The highest BCUT2D eigenvalue weighted by molar-refractivity contribution is 5.76. The van der Waals surface area contributed by atoms with E-state index in [0.29, 0.717) is 23.5 Å². The fourth-order valence-corrected chi connectivity index (χ4v) is 4.18. The summed E-state index contributed by atoms with van der Waals surface area (Å²) in [6.45, 7) is 6.43. The zero-order chi connectivity index (χ0) is 20.6. The summed E-state index contributed by atoms with van der Waals surface area (Å²) in [6, 6.07) is 15.5. The van der Waals surface area contributed by atoms with Crippen molar-refractivity contribution in [1.29, 1.82) is 0 Å². The topological polar surface area (TPSA) is 21.1 Å². The largest absolute Gasteiger partial charge is 0.449 e. The summed E-state index contributed by atoms with van der Waals surface area (Å²) < 4.78 is 41.9. The number of alkyl halides is 3. The van der Waals surface area contributed by atoms with E-state index >= 15 is 0 Å². The standard InChI is InChI=1S/C23H26F3N3/c1-16(2)18-7-9-19(10-8-18)28-13-11-17(12-14-28)15-29-21-6-4-3-5-20(21)27-22(29)23(24,25)26/h3-10,16-17H,11-15H2,1-2H3. The summed E-state index contributed by atoms with van der Waals surface area (Å²) in [5.41, 5.74) is 3.47. The van der Waals surface area contributed by atoms with Crippen LogP contribution in [0.4, 0.5) is 18.9 Å². The van der Waals surface area contributed by atoms with Crippen molar-refractivity contribution in [3.8, 4) is 0 Å². The number of piperidine rings is 1. The van der Waals surface area contributed by atoms with Gasteiger partial charge in [0, 0.05) is 25.3 Å². The van der Waals surface area contributed by atoms with E-state index in [-0.39, 0.29) is 5.92 Å². The van der Waals surface area contributed by atoms with Crippen LogP contribution in [0.15, 0.2) is 48.5 Å². The lowest BCUT2D eigenvalue weighted by atomic mass is 9.95. The number of benzene rings is 2. The van der Waals surface area contributed by atoms with Gasteiger partial charge in [-0.25, -0.2) is 4.98 Å². The third kappa shape index (κ3) is 4.11. The fourth-order valence-electron chi connectivity index (χ4n) is 4.18. The molecule has 1 saturated heterocycles. The molecule has 2 heterocycles. The summed E-state index contributed by atoms with van der Waals surface area (Å²) >= 11 is 0. The Labute approximate surface area is 169 Å². The molecule has 4 rings (SSSR count). The summed E-state index contributed by atoms with van der Waals surface area (Å²) in [7, 11) is 0. The first-order chi connectivity index (χ1) is 13.8. The van der Waals surface area contributed by atoms with Gasteiger partial charge in [0.25, 0.3) is 0 Å². The Morgan fingerprint density at radius 1 is 1.00 bits per heavy atom. The van der Waals surface area contributed by atoms with Crippen LogP contribution in [-0.2, 0) is 12.7 Å². The van der Waals surface area contributed by atoms with Gasteiger partial charge in [-0.1, -0.05) is 38.1 Å². The highest BCUT2D eigenvalue weighted by atomic mass is 19.4. The highest BCUT2D eigenvalue weighted by Gasteiger charge is 2.38. The van der Waals surface area contributed by atoms with Crippen LogP contribution in [0.1, 0.15) is 44.0 Å². The minimum absolute atomic E-state index is 0.208. The number of nitrogens with zero attached hydrogens (tertiary/aromatic N) is 3. The third-order valence-corrected chi connectivity index (χ3v) is 5.89. The summed E-state index contributed by atoms with van der Waals surface area (Å²) in [5.74, 6) is -0.0760. The Bertz CT molecular complexity index is 965. The van der Waals surface area contributed by atoms with Gasteiger partial charge in [-0.05, 0) is 54.5 Å². The van der Waals surface area contributed by atoms with Gasteiger partial charge in [0.1, 0.15) is 0 Å². The molecular formula is C23H26F3N3. The first-order valence-electron chi connectivity index (χ1n) is 10.2. The maximum atomic E-state index is 13.5. The zero-order valence-corrected chi connectivity index (χ0v) is 16.8. The van der Waals surface area contributed by atoms with E-state index in [1.54, 1.807) is 24.3 Å². The Hall–Kier alpha value is -2.50. The van der Waals surface area contributed by atoms with Crippen molar-refractivity contribution in [2.75, 3.05) is 18.0 Å². The molecule has 29 heavy (non-hydrogen) atoms. The van der Waals surface area contributed by atoms with Crippen LogP contribution in [0.5, 0.6) is 0 Å². The Kier molecular flexibility index (Phi) is 5.28. The zero-order valence-electron chi connectivity index (χ0n) is 16.8. The van der Waals surface area contributed by atoms with Gasteiger partial charge < -0.3 is 9.47 Å². The molecule has 1 fully saturated rings. The average Bonchev–Trinajstić information content (AvgIpc) is 3.08. The molecule has 1 aromatic heterocycles. The number of fused-ring (bicyclic) bond motifs is 1. The second-order valence-electron chi connectivity index (χ2n) is 8.21. The SMILES string of the molecule is CC(C)c1ccc(N2CCC(Cn3c(C(F)(F)F)nc4ccccc43)CC2)cc1. The van der Waals surface area contributed by atoms with Crippen LogP contribution in [0, 0.1) is 5.92 Å². The van der Waals surface area contributed by atoms with E-state index in [0.717, 1.165) is 25.9 Å². The van der Waals surface area contributed by atoms with E-state index in [1.807, 2.05) is 0 Å². The maximum absolute atomic E-state index is 13.5. The molecule has 3 aromatic rings. The molecule has 2 aromatic carbocycles. The normalized spacial score (nSPS) is 16.1. The van der Waals surface area contributed by atoms with Gasteiger partial charge in [0.2, 0.25) is 5.82 Å². The molecule has 0 N–H and O–H groups in total. The van der Waals surface area contributed by atoms with Crippen LogP contribution >= 0.6 is 0 Å². The van der Waals surface area contributed by atoms with Gasteiger partial charge in [0.15, 0.2) is 0 Å². The van der Waals surface area contributed by atoms with E-state index in [9.17, 15) is 13.2 Å². The molecule has 6 heteroatoms. The first kappa shape index (κ1) is 19.8. The first-order valence-corrected chi connectivity index (χ1v) is 10.2. The van der Waals surface area contributed by atoms with Gasteiger partial charge in [0.05, 0.1) is 11.0 Å². The third-order valence-electron chi connectivity index (χ3n) is 5.89. The Morgan fingerprint density at radius 3 is 2.28 bits per heavy atom. The van der Waals surface area contributed by atoms with Gasteiger partial charge in [-0.2, -0.15) is 13.2 Å². The van der Waals surface area contributed by atoms with E-state index in [2.05, 4.69) is 48.0 Å². The molecule has 3 nitrogen and oxygen atoms in total. The van der Waals surface area contributed by atoms with Crippen LogP contribution in [0.2, 0.25) is 0 Å². The fraction of sp³-hybridized carbons (Fsp3) is 0.435. The number of rotatable bonds is 4. The highest BCUT2D eigenvalue weighted by Crippen LogP contribution is 2.33. The van der Waals surface area contributed by atoms with E-state index < -0.39 is 12.0 Å². The van der Waals surface area contributed by atoms with Gasteiger partial charge in [-0.15, -0.1) is 0 Å². The number of aromatic nitrogens is 2. The molecule has 0 atom stereocenters. The molecule has 0 aliphatic carbocycles. The van der Waals surface area contributed by atoms with E-state index in [4.69, 9.17) is 0 Å². The monoisotopic (exact) mass is 401 g/mol. The van der Waals surface area contributed by atoms with Crippen molar-refractivity contribution in [2.24, 2.45) is 5.92 Å². The number of halogens is 3. The van der Waals surface area contributed by atoms with Crippen molar-refractivity contribution in [3.63, 3.8) is 0 Å². The minimum Gasteiger partial charge on any atom is -0.372 e. The summed E-state index contributed by atoms with van der Waals surface area (Å²) in [4.78, 5) is 6.19. The smallest absolute Gasteiger partial charge is 0.372 e. The second-order valence-corrected chi connectivity index (χ2v) is 8.21. The number of imidazole rings is 1. The molecule has 1 aliphatic heterocycles. The molecule has 0 saturated carbocycles. The lowest BCUT2D eigenvalue weighted by molar-refractivity contribution is -0.147. The second kappa shape index (κ2) is 7.73. The molecule has 1 aliphatic rings. The summed E-state index contributed by atoms with van der Waals surface area (Å²) in [6.07, 6.45) is -2.71. The van der Waals surface area contributed by atoms with Crippen molar-refractivity contribution < 1.29 is 13.2 Å². The molecule has 154 valence electrons. The molecule has 0 bridgehead atoms. The van der Waals surface area contributed by atoms with Gasteiger partial charge in [-0.3, -0.25) is 0 Å². The van der Waals surface area contributed by atoms with Crippen molar-refractivity contribution in [3.05, 3.63) is 59.9 Å².